The van der Waals surface area contributed by atoms with Crippen molar-refractivity contribution in [2.75, 3.05) is 0 Å². The van der Waals surface area contributed by atoms with E-state index in [2.05, 4.69) is 4.72 Å². The molecule has 6 nitrogen and oxygen atoms in total. The Kier molecular flexibility index (Phi) is 3.70. The first-order valence-corrected chi connectivity index (χ1v) is 9.22. The van der Waals surface area contributed by atoms with Crippen LogP contribution >= 0.6 is 0 Å². The average Bonchev–Trinajstić information content (AvgIpc) is 3.10. The van der Waals surface area contributed by atoms with Gasteiger partial charge in [0.25, 0.3) is 0 Å². The van der Waals surface area contributed by atoms with Crippen LogP contribution in [0.4, 0.5) is 0 Å². The van der Waals surface area contributed by atoms with Gasteiger partial charge in [-0.1, -0.05) is 0 Å². The maximum absolute atomic E-state index is 12.2. The molecule has 0 unspecified atom stereocenters. The number of nitrogens with one attached hydrogen (secondary N) is 1. The zero-order chi connectivity index (χ0) is 15.2. The highest BCUT2D eigenvalue weighted by atomic mass is 32.2. The molecule has 3 N–H and O–H groups in total. The van der Waals surface area contributed by atoms with Gasteiger partial charge in [0.2, 0.25) is 20.0 Å². The second kappa shape index (κ2) is 4.80. The molecule has 0 bridgehead atoms. The summed E-state index contributed by atoms with van der Waals surface area (Å²) in [5.74, 6) is 0.348. The number of nitrogens with two attached hydrogens (primary N) is 1. The van der Waals surface area contributed by atoms with Crippen molar-refractivity contribution in [1.82, 2.24) is 4.72 Å². The van der Waals surface area contributed by atoms with Crippen LogP contribution in [0.25, 0.3) is 0 Å². The average molecular weight is 318 g/mol. The number of primary sulfonamides is 1. The number of rotatable bonds is 5. The third-order valence-electron chi connectivity index (χ3n) is 3.46. The molecular formula is C12H18N2O4S2. The SMILES string of the molecule is CC(C)(NS(=O)(=O)c1ccc(S(N)(=O)=O)cc1)C1CC1. The fourth-order valence-corrected chi connectivity index (χ4v) is 4.09. The molecule has 1 aromatic carbocycles. The van der Waals surface area contributed by atoms with Gasteiger partial charge in [-0.05, 0) is 56.9 Å². The van der Waals surface area contributed by atoms with E-state index >= 15 is 0 Å². The molecule has 0 atom stereocenters. The van der Waals surface area contributed by atoms with Gasteiger partial charge in [0.05, 0.1) is 9.79 Å². The molecule has 1 fully saturated rings. The molecule has 20 heavy (non-hydrogen) atoms. The molecule has 0 saturated heterocycles. The van der Waals surface area contributed by atoms with Crippen LogP contribution < -0.4 is 9.86 Å². The number of sulfonamides is 2. The van der Waals surface area contributed by atoms with E-state index in [1.807, 2.05) is 13.8 Å². The lowest BCUT2D eigenvalue weighted by Crippen LogP contribution is -2.45. The Morgan fingerprint density at radius 1 is 1.05 bits per heavy atom. The van der Waals surface area contributed by atoms with Gasteiger partial charge in [-0.3, -0.25) is 0 Å². The molecule has 1 saturated carbocycles. The van der Waals surface area contributed by atoms with Crippen molar-refractivity contribution >= 4 is 20.0 Å². The van der Waals surface area contributed by atoms with Gasteiger partial charge in [-0.15, -0.1) is 0 Å². The van der Waals surface area contributed by atoms with E-state index in [4.69, 9.17) is 5.14 Å². The Morgan fingerprint density at radius 2 is 1.50 bits per heavy atom. The highest BCUT2D eigenvalue weighted by Gasteiger charge is 2.40. The number of hydrogen-bond donors (Lipinski definition) is 2. The third kappa shape index (κ3) is 3.38. The van der Waals surface area contributed by atoms with Crippen molar-refractivity contribution in [3.05, 3.63) is 24.3 Å². The largest absolute Gasteiger partial charge is 0.241 e. The van der Waals surface area contributed by atoms with Crippen LogP contribution in [-0.4, -0.2) is 22.4 Å². The predicted molar refractivity (Wildman–Crippen MR) is 74.9 cm³/mol. The summed E-state index contributed by atoms with van der Waals surface area (Å²) in [7, 11) is -7.49. The molecular weight excluding hydrogens is 300 g/mol. The van der Waals surface area contributed by atoms with E-state index in [0.29, 0.717) is 5.92 Å². The smallest absolute Gasteiger partial charge is 0.225 e. The summed E-state index contributed by atoms with van der Waals surface area (Å²) in [5, 5.41) is 4.97. The predicted octanol–water partition coefficient (Wildman–Crippen LogP) is 0.801. The molecule has 0 radical (unpaired) electrons. The normalized spacial score (nSPS) is 17.1. The molecule has 8 heteroatoms. The van der Waals surface area contributed by atoms with Crippen LogP contribution in [-0.2, 0) is 20.0 Å². The molecule has 0 aromatic heterocycles. The number of hydrogen-bond acceptors (Lipinski definition) is 4. The Balaban J connectivity index is 2.26. The maximum Gasteiger partial charge on any atom is 0.241 e. The minimum atomic E-state index is -3.82. The van der Waals surface area contributed by atoms with Crippen LogP contribution in [0.5, 0.6) is 0 Å². The Bertz CT molecular complexity index is 702. The van der Waals surface area contributed by atoms with E-state index < -0.39 is 25.6 Å². The molecule has 1 aromatic rings. The van der Waals surface area contributed by atoms with Crippen LogP contribution in [0.15, 0.2) is 34.1 Å². The number of benzene rings is 1. The molecule has 1 aliphatic rings. The van der Waals surface area contributed by atoms with Crippen molar-refractivity contribution in [1.29, 1.82) is 0 Å². The van der Waals surface area contributed by atoms with Gasteiger partial charge < -0.3 is 0 Å². The fourth-order valence-electron chi connectivity index (χ4n) is 2.10. The second-order valence-electron chi connectivity index (χ2n) is 5.62. The lowest BCUT2D eigenvalue weighted by Gasteiger charge is -2.25. The molecule has 1 aliphatic carbocycles. The van der Waals surface area contributed by atoms with E-state index in [0.717, 1.165) is 12.8 Å². The summed E-state index contributed by atoms with van der Waals surface area (Å²) < 4.78 is 49.4. The summed E-state index contributed by atoms with van der Waals surface area (Å²) in [5.41, 5.74) is -0.503. The zero-order valence-electron chi connectivity index (χ0n) is 11.3. The van der Waals surface area contributed by atoms with Crippen LogP contribution in [0.3, 0.4) is 0 Å². The van der Waals surface area contributed by atoms with Gasteiger partial charge in [0, 0.05) is 5.54 Å². The lowest BCUT2D eigenvalue weighted by molar-refractivity contribution is 0.400. The first-order valence-electron chi connectivity index (χ1n) is 6.19. The van der Waals surface area contributed by atoms with Crippen molar-refractivity contribution in [2.24, 2.45) is 11.1 Å². The molecule has 0 heterocycles. The van der Waals surface area contributed by atoms with E-state index in [1.165, 1.54) is 24.3 Å². The quantitative estimate of drug-likeness (QED) is 0.837. The summed E-state index contributed by atoms with van der Waals surface area (Å²) in [4.78, 5) is -0.0865. The summed E-state index contributed by atoms with van der Waals surface area (Å²) >= 11 is 0. The summed E-state index contributed by atoms with van der Waals surface area (Å²) in [6.07, 6.45) is 2.03. The molecule has 0 amide bonds. The zero-order valence-corrected chi connectivity index (χ0v) is 13.0. The molecule has 2 rings (SSSR count). The Labute approximate surface area is 119 Å². The van der Waals surface area contributed by atoms with E-state index in [9.17, 15) is 16.8 Å². The van der Waals surface area contributed by atoms with Gasteiger partial charge in [0.15, 0.2) is 0 Å². The minimum Gasteiger partial charge on any atom is -0.225 e. The van der Waals surface area contributed by atoms with Gasteiger partial charge >= 0.3 is 0 Å². The van der Waals surface area contributed by atoms with Crippen LogP contribution in [0.2, 0.25) is 0 Å². The van der Waals surface area contributed by atoms with Crippen molar-refractivity contribution in [3.8, 4) is 0 Å². The standard InChI is InChI=1S/C12H18N2O4S2/c1-12(2,9-3-4-9)14-20(17,18)11-7-5-10(6-8-11)19(13,15)16/h5-9,14H,3-4H2,1-2H3,(H2,13,15,16). The van der Waals surface area contributed by atoms with E-state index in [1.54, 1.807) is 0 Å². The lowest BCUT2D eigenvalue weighted by atomic mass is 10.0. The van der Waals surface area contributed by atoms with Crippen molar-refractivity contribution in [3.63, 3.8) is 0 Å². The third-order valence-corrected chi connectivity index (χ3v) is 6.07. The van der Waals surface area contributed by atoms with Gasteiger partial charge in [-0.25, -0.2) is 26.7 Å². The van der Waals surface area contributed by atoms with Crippen molar-refractivity contribution < 1.29 is 16.8 Å². The highest BCUT2D eigenvalue weighted by Crippen LogP contribution is 2.39. The highest BCUT2D eigenvalue weighted by molar-refractivity contribution is 7.89. The van der Waals surface area contributed by atoms with E-state index in [-0.39, 0.29) is 9.79 Å². The molecule has 112 valence electrons. The monoisotopic (exact) mass is 318 g/mol. The van der Waals surface area contributed by atoms with Crippen LogP contribution in [0, 0.1) is 5.92 Å². The topological polar surface area (TPSA) is 106 Å². The molecule has 0 spiro atoms. The van der Waals surface area contributed by atoms with Crippen LogP contribution in [0.1, 0.15) is 26.7 Å². The Morgan fingerprint density at radius 3 is 1.90 bits per heavy atom. The van der Waals surface area contributed by atoms with Gasteiger partial charge in [-0.2, -0.15) is 0 Å². The summed E-state index contributed by atoms with van der Waals surface area (Å²) in [6.45, 7) is 3.70. The second-order valence-corrected chi connectivity index (χ2v) is 8.86. The first kappa shape index (κ1) is 15.4. The fraction of sp³-hybridized carbons (Fsp3) is 0.500. The summed E-state index contributed by atoms with van der Waals surface area (Å²) in [6, 6.07) is 4.86. The maximum atomic E-state index is 12.2. The first-order chi connectivity index (χ1) is 9.02. The minimum absolute atomic E-state index is 0.0265. The molecule has 0 aliphatic heterocycles. The Hall–Kier alpha value is -0.960. The van der Waals surface area contributed by atoms with Gasteiger partial charge in [0.1, 0.15) is 0 Å². The van der Waals surface area contributed by atoms with Crippen molar-refractivity contribution in [2.45, 2.75) is 42.0 Å².